The number of esters is 2. The highest BCUT2D eigenvalue weighted by molar-refractivity contribution is 5.92. The Bertz CT molecular complexity index is 178. The molecule has 0 aromatic carbocycles. The molecule has 1 aliphatic heterocycles. The van der Waals surface area contributed by atoms with Crippen molar-refractivity contribution in [2.75, 3.05) is 0 Å². The minimum Gasteiger partial charge on any atom is -0.408 e. The molecule has 0 unspecified atom stereocenters. The van der Waals surface area contributed by atoms with E-state index in [2.05, 4.69) is 9.47 Å². The van der Waals surface area contributed by atoms with Crippen molar-refractivity contribution >= 4 is 11.9 Å². The van der Waals surface area contributed by atoms with Gasteiger partial charge in [0.05, 0.1) is 0 Å². The van der Waals surface area contributed by atoms with Crippen LogP contribution in [0.25, 0.3) is 0 Å². The van der Waals surface area contributed by atoms with Gasteiger partial charge in [0.15, 0.2) is 0 Å². The Labute approximate surface area is 56.4 Å². The molecule has 0 amide bonds. The first kappa shape index (κ1) is 6.76. The molecule has 5 nitrogen and oxygen atoms in total. The summed E-state index contributed by atoms with van der Waals surface area (Å²) in [7, 11) is 0. The van der Waals surface area contributed by atoms with Gasteiger partial charge in [-0.2, -0.15) is 0 Å². The first-order chi connectivity index (χ1) is 4.68. The molecule has 1 heterocycles. The minimum absolute atomic E-state index is 0.682. The third-order valence-corrected chi connectivity index (χ3v) is 0.820. The lowest BCUT2D eigenvalue weighted by atomic mass is 10.5. The lowest BCUT2D eigenvalue weighted by Crippen LogP contribution is -2.29. The highest BCUT2D eigenvalue weighted by atomic mass is 16.7. The average Bonchev–Trinajstić information content (AvgIpc) is 1.93. The van der Waals surface area contributed by atoms with Gasteiger partial charge in [0, 0.05) is 12.2 Å². The molecule has 0 aliphatic carbocycles. The first-order valence-corrected chi connectivity index (χ1v) is 2.53. The molecular weight excluding hydrogens is 138 g/mol. The molecule has 0 aromatic rings. The van der Waals surface area contributed by atoms with E-state index in [4.69, 9.17) is 5.73 Å². The Morgan fingerprint density at radius 2 is 1.60 bits per heavy atom. The van der Waals surface area contributed by atoms with Crippen LogP contribution in [0.3, 0.4) is 0 Å². The number of ether oxygens (including phenoxy) is 2. The van der Waals surface area contributed by atoms with Crippen molar-refractivity contribution in [2.24, 2.45) is 5.73 Å². The fourth-order valence-corrected chi connectivity index (χ4v) is 0.468. The van der Waals surface area contributed by atoms with Gasteiger partial charge in [0.25, 0.3) is 0 Å². The molecule has 10 heavy (non-hydrogen) atoms. The van der Waals surface area contributed by atoms with Crippen LogP contribution >= 0.6 is 0 Å². The molecule has 2 N–H and O–H groups in total. The number of hydrogen-bond donors (Lipinski definition) is 1. The van der Waals surface area contributed by atoms with Gasteiger partial charge in [-0.3, -0.25) is 5.73 Å². The maximum absolute atomic E-state index is 10.4. The quantitative estimate of drug-likeness (QED) is 0.435. The average molecular weight is 143 g/mol. The number of nitrogens with two attached hydrogens (primary N) is 1. The van der Waals surface area contributed by atoms with Gasteiger partial charge in [0.1, 0.15) is 0 Å². The molecule has 0 atom stereocenters. The predicted octanol–water partition coefficient (Wildman–Crippen LogP) is -1.12. The van der Waals surface area contributed by atoms with Crippen molar-refractivity contribution < 1.29 is 19.1 Å². The zero-order valence-electron chi connectivity index (χ0n) is 4.94. The summed E-state index contributed by atoms with van der Waals surface area (Å²) in [6, 6.07) is 0. The fraction of sp³-hybridized carbons (Fsp3) is 0.200. The second-order valence-electron chi connectivity index (χ2n) is 1.58. The first-order valence-electron chi connectivity index (χ1n) is 2.53. The Morgan fingerprint density at radius 1 is 1.20 bits per heavy atom. The van der Waals surface area contributed by atoms with Gasteiger partial charge >= 0.3 is 18.4 Å². The molecule has 0 bridgehead atoms. The largest absolute Gasteiger partial charge is 0.408 e. The number of cyclic esters (lactones) is 2. The molecule has 0 radical (unpaired) electrons. The van der Waals surface area contributed by atoms with Gasteiger partial charge in [-0.1, -0.05) is 0 Å². The van der Waals surface area contributed by atoms with E-state index >= 15 is 0 Å². The highest BCUT2D eigenvalue weighted by Gasteiger charge is 2.14. The number of hydrogen-bond acceptors (Lipinski definition) is 5. The minimum atomic E-state index is -1.28. The summed E-state index contributed by atoms with van der Waals surface area (Å²) in [5.41, 5.74) is 4.99. The van der Waals surface area contributed by atoms with E-state index in [0.29, 0.717) is 0 Å². The molecule has 0 fully saturated rings. The van der Waals surface area contributed by atoms with Gasteiger partial charge in [-0.25, -0.2) is 9.59 Å². The molecule has 0 spiro atoms. The molecule has 54 valence electrons. The number of carbonyl (C=O) groups is 2. The van der Waals surface area contributed by atoms with Crippen molar-refractivity contribution in [3.05, 3.63) is 12.2 Å². The SMILES string of the molecule is NC1OC(=O)C=CC(=O)O1. The summed E-state index contributed by atoms with van der Waals surface area (Å²) in [6.07, 6.45) is 0.625. The van der Waals surface area contributed by atoms with Crippen LogP contribution in [0.4, 0.5) is 0 Å². The van der Waals surface area contributed by atoms with Crippen LogP contribution in [0.15, 0.2) is 12.2 Å². The summed E-state index contributed by atoms with van der Waals surface area (Å²) in [6.45, 7) is 0. The summed E-state index contributed by atoms with van der Waals surface area (Å²) >= 11 is 0. The van der Waals surface area contributed by atoms with Crippen LogP contribution in [-0.4, -0.2) is 18.4 Å². The Morgan fingerprint density at radius 3 is 2.00 bits per heavy atom. The van der Waals surface area contributed by atoms with Crippen LogP contribution in [-0.2, 0) is 19.1 Å². The van der Waals surface area contributed by atoms with Gasteiger partial charge in [-0.15, -0.1) is 0 Å². The summed E-state index contributed by atoms with van der Waals surface area (Å²) in [5.74, 6) is -1.36. The second-order valence-corrected chi connectivity index (χ2v) is 1.58. The van der Waals surface area contributed by atoms with Crippen LogP contribution in [0.1, 0.15) is 0 Å². The fourth-order valence-electron chi connectivity index (χ4n) is 0.468. The third-order valence-electron chi connectivity index (χ3n) is 0.820. The number of rotatable bonds is 0. The molecule has 1 rings (SSSR count). The van der Waals surface area contributed by atoms with Crippen LogP contribution < -0.4 is 5.73 Å². The van der Waals surface area contributed by atoms with Gasteiger partial charge in [-0.05, 0) is 0 Å². The maximum atomic E-state index is 10.4. The predicted molar refractivity (Wildman–Crippen MR) is 29.3 cm³/mol. The lowest BCUT2D eigenvalue weighted by molar-refractivity contribution is -0.177. The smallest absolute Gasteiger partial charge is 0.335 e. The molecule has 0 saturated carbocycles. The van der Waals surface area contributed by atoms with Crippen molar-refractivity contribution in [3.63, 3.8) is 0 Å². The zero-order chi connectivity index (χ0) is 7.56. The maximum Gasteiger partial charge on any atom is 0.335 e. The Kier molecular flexibility index (Phi) is 1.68. The van der Waals surface area contributed by atoms with Crippen LogP contribution in [0, 0.1) is 0 Å². The third kappa shape index (κ3) is 1.56. The molecule has 5 heteroatoms. The topological polar surface area (TPSA) is 78.6 Å². The van der Waals surface area contributed by atoms with Crippen molar-refractivity contribution in [3.8, 4) is 0 Å². The van der Waals surface area contributed by atoms with E-state index in [9.17, 15) is 9.59 Å². The Hall–Kier alpha value is -1.36. The van der Waals surface area contributed by atoms with E-state index in [-0.39, 0.29) is 0 Å². The van der Waals surface area contributed by atoms with Crippen molar-refractivity contribution in [1.82, 2.24) is 0 Å². The lowest BCUT2D eigenvalue weighted by Gasteiger charge is -2.07. The van der Waals surface area contributed by atoms with E-state index in [0.717, 1.165) is 12.2 Å². The zero-order valence-corrected chi connectivity index (χ0v) is 4.94. The second kappa shape index (κ2) is 2.49. The standard InChI is InChI=1S/C5H5NO4/c6-5-9-3(7)1-2-4(8)10-5/h1-2,5H,6H2. The van der Waals surface area contributed by atoms with E-state index in [1.165, 1.54) is 0 Å². The Balaban J connectivity index is 2.69. The highest BCUT2D eigenvalue weighted by Crippen LogP contribution is 1.96. The summed E-state index contributed by atoms with van der Waals surface area (Å²) in [4.78, 5) is 20.8. The normalized spacial score (nSPS) is 19.7. The van der Waals surface area contributed by atoms with E-state index in [1.807, 2.05) is 0 Å². The molecular formula is C5H5NO4. The molecule has 1 aliphatic rings. The van der Waals surface area contributed by atoms with Gasteiger partial charge < -0.3 is 9.47 Å². The molecule has 0 aromatic heterocycles. The van der Waals surface area contributed by atoms with E-state index in [1.54, 1.807) is 0 Å². The van der Waals surface area contributed by atoms with Crippen molar-refractivity contribution in [1.29, 1.82) is 0 Å². The van der Waals surface area contributed by atoms with Gasteiger partial charge in [0.2, 0.25) is 0 Å². The number of carbonyl (C=O) groups excluding carboxylic acids is 2. The van der Waals surface area contributed by atoms with Crippen LogP contribution in [0.5, 0.6) is 0 Å². The van der Waals surface area contributed by atoms with E-state index < -0.39 is 18.4 Å². The summed E-state index contributed by atoms with van der Waals surface area (Å²) < 4.78 is 8.58. The molecule has 0 saturated heterocycles. The summed E-state index contributed by atoms with van der Waals surface area (Å²) in [5, 5.41) is 0. The monoisotopic (exact) mass is 143 g/mol. The van der Waals surface area contributed by atoms with Crippen molar-refractivity contribution in [2.45, 2.75) is 6.41 Å². The van der Waals surface area contributed by atoms with Crippen LogP contribution in [0.2, 0.25) is 0 Å².